The number of fused-ring (bicyclic) bond motifs is 1. The zero-order valence-corrected chi connectivity index (χ0v) is 19.6. The molecule has 2 heterocycles. The Morgan fingerprint density at radius 1 is 1.14 bits per heavy atom. The predicted octanol–water partition coefficient (Wildman–Crippen LogP) is 2.55. The normalized spacial score (nSPS) is 17.0. The first-order valence-corrected chi connectivity index (χ1v) is 10.9. The van der Waals surface area contributed by atoms with Crippen molar-refractivity contribution in [2.75, 3.05) is 14.2 Å². The lowest BCUT2D eigenvalue weighted by molar-refractivity contribution is -0.133. The van der Waals surface area contributed by atoms with E-state index in [4.69, 9.17) is 9.47 Å². The van der Waals surface area contributed by atoms with Crippen LogP contribution in [-0.2, 0) is 29.2 Å². The van der Waals surface area contributed by atoms with Crippen LogP contribution in [0.3, 0.4) is 0 Å². The average molecular weight is 480 g/mol. The van der Waals surface area contributed by atoms with E-state index in [0.717, 1.165) is 5.56 Å². The highest BCUT2D eigenvalue weighted by Gasteiger charge is 2.49. The second kappa shape index (κ2) is 9.57. The van der Waals surface area contributed by atoms with Crippen LogP contribution >= 0.6 is 0 Å². The van der Waals surface area contributed by atoms with Gasteiger partial charge in [0.15, 0.2) is 5.69 Å². The maximum atomic E-state index is 13.7. The van der Waals surface area contributed by atoms with E-state index >= 15 is 0 Å². The molecule has 1 aliphatic rings. The maximum Gasteiger partial charge on any atom is 0.359 e. The van der Waals surface area contributed by atoms with Crippen molar-refractivity contribution in [2.24, 2.45) is 0 Å². The van der Waals surface area contributed by atoms with Gasteiger partial charge in [-0.05, 0) is 30.7 Å². The number of aromatic nitrogens is 2. The van der Waals surface area contributed by atoms with Crippen LogP contribution in [0.25, 0.3) is 0 Å². The van der Waals surface area contributed by atoms with E-state index in [0.29, 0.717) is 11.3 Å². The molecule has 0 fully saturated rings. The van der Waals surface area contributed by atoms with E-state index in [1.165, 1.54) is 35.0 Å². The van der Waals surface area contributed by atoms with Crippen LogP contribution in [0.15, 0.2) is 54.9 Å². The average Bonchev–Trinajstić information content (AvgIpc) is 3.29. The fraction of sp³-hybridized carbons (Fsp3) is 0.280. The molecular formula is C25H25FN4O5. The topological polar surface area (TPSA) is 103 Å². The zero-order chi connectivity index (χ0) is 25.2. The molecule has 0 bridgehead atoms. The van der Waals surface area contributed by atoms with Gasteiger partial charge in [0.05, 0.1) is 27.1 Å². The molecule has 1 atom stereocenters. The van der Waals surface area contributed by atoms with E-state index in [1.807, 2.05) is 18.2 Å². The summed E-state index contributed by atoms with van der Waals surface area (Å²) in [6.07, 6.45) is 1.35. The smallest absolute Gasteiger partial charge is 0.359 e. The molecule has 3 aromatic rings. The van der Waals surface area contributed by atoms with E-state index in [-0.39, 0.29) is 31.0 Å². The maximum absolute atomic E-state index is 13.7. The van der Waals surface area contributed by atoms with Gasteiger partial charge in [-0.1, -0.05) is 30.3 Å². The minimum Gasteiger partial charge on any atom is -0.496 e. The standard InChI is InChI=1S/C25H25FN4O5/c1-25(24(33)27-12-17-6-4-5-7-19(17)34-2)14-29-15-28-20(23(32)35-3)21(29)22(31)30(25)13-16-8-10-18(26)11-9-16/h4-11,15H,12-14H2,1-3H3,(H,27,33)/t25-/m0/s1. The van der Waals surface area contributed by atoms with Crippen LogP contribution < -0.4 is 10.1 Å². The van der Waals surface area contributed by atoms with Gasteiger partial charge in [-0.3, -0.25) is 9.59 Å². The Kier molecular flexibility index (Phi) is 6.54. The summed E-state index contributed by atoms with van der Waals surface area (Å²) in [5.74, 6) is -1.51. The summed E-state index contributed by atoms with van der Waals surface area (Å²) in [6.45, 7) is 1.90. The van der Waals surface area contributed by atoms with Gasteiger partial charge in [0.1, 0.15) is 22.8 Å². The Hall–Kier alpha value is -4.21. The monoisotopic (exact) mass is 480 g/mol. The van der Waals surface area contributed by atoms with Gasteiger partial charge in [0.25, 0.3) is 5.91 Å². The molecule has 0 saturated heterocycles. The number of nitrogens with one attached hydrogen (secondary N) is 1. The summed E-state index contributed by atoms with van der Waals surface area (Å²) in [5, 5.41) is 2.90. The number of imidazole rings is 1. The number of para-hydroxylation sites is 1. The second-order valence-corrected chi connectivity index (χ2v) is 8.35. The Morgan fingerprint density at radius 3 is 2.54 bits per heavy atom. The number of hydrogen-bond acceptors (Lipinski definition) is 6. The number of halogens is 1. The molecule has 0 aliphatic carbocycles. The first-order chi connectivity index (χ1) is 16.8. The number of benzene rings is 2. The third-order valence-corrected chi connectivity index (χ3v) is 6.11. The van der Waals surface area contributed by atoms with E-state index < -0.39 is 29.1 Å². The van der Waals surface area contributed by atoms with Crippen molar-refractivity contribution in [1.29, 1.82) is 0 Å². The van der Waals surface area contributed by atoms with Crippen molar-refractivity contribution in [1.82, 2.24) is 19.8 Å². The summed E-state index contributed by atoms with van der Waals surface area (Å²) in [6, 6.07) is 12.9. The number of rotatable bonds is 7. The summed E-state index contributed by atoms with van der Waals surface area (Å²) in [7, 11) is 2.75. The predicted molar refractivity (Wildman–Crippen MR) is 123 cm³/mol. The minimum absolute atomic E-state index is 0.0173. The van der Waals surface area contributed by atoms with Crippen LogP contribution in [0.4, 0.5) is 4.39 Å². The number of amides is 2. The molecule has 0 unspecified atom stereocenters. The number of carbonyl (C=O) groups excluding carboxylic acids is 3. The largest absolute Gasteiger partial charge is 0.496 e. The Morgan fingerprint density at radius 2 is 1.86 bits per heavy atom. The lowest BCUT2D eigenvalue weighted by Crippen LogP contribution is -2.63. The molecule has 9 nitrogen and oxygen atoms in total. The highest BCUT2D eigenvalue weighted by Crippen LogP contribution is 2.31. The Balaban J connectivity index is 1.69. The highest BCUT2D eigenvalue weighted by molar-refractivity contribution is 6.06. The van der Waals surface area contributed by atoms with Crippen LogP contribution in [0.1, 0.15) is 39.0 Å². The van der Waals surface area contributed by atoms with E-state index in [9.17, 15) is 18.8 Å². The first kappa shape index (κ1) is 23.9. The minimum atomic E-state index is -1.34. The highest BCUT2D eigenvalue weighted by atomic mass is 19.1. The zero-order valence-electron chi connectivity index (χ0n) is 19.6. The number of hydrogen-bond donors (Lipinski definition) is 1. The third kappa shape index (κ3) is 4.46. The SMILES string of the molecule is COC(=O)c1ncn2c1C(=O)N(Cc1ccc(F)cc1)[C@](C)(C(=O)NCc1ccccc1OC)C2. The molecule has 2 amide bonds. The molecule has 35 heavy (non-hydrogen) atoms. The van der Waals surface area contributed by atoms with Gasteiger partial charge in [0, 0.05) is 18.7 Å². The molecule has 2 aromatic carbocycles. The van der Waals surface area contributed by atoms with Gasteiger partial charge in [-0.15, -0.1) is 0 Å². The molecule has 4 rings (SSSR count). The molecule has 0 spiro atoms. The van der Waals surface area contributed by atoms with Gasteiger partial charge in [0.2, 0.25) is 5.91 Å². The van der Waals surface area contributed by atoms with Crippen molar-refractivity contribution in [2.45, 2.75) is 32.1 Å². The quantitative estimate of drug-likeness (QED) is 0.522. The molecule has 10 heteroatoms. The molecule has 1 aliphatic heterocycles. The number of esters is 1. The van der Waals surface area contributed by atoms with E-state index in [1.54, 1.807) is 32.2 Å². The Bertz CT molecular complexity index is 1270. The molecular weight excluding hydrogens is 455 g/mol. The summed E-state index contributed by atoms with van der Waals surface area (Å²) in [5.41, 5.74) is -0.0345. The molecule has 0 radical (unpaired) electrons. The second-order valence-electron chi connectivity index (χ2n) is 8.35. The molecule has 1 aromatic heterocycles. The third-order valence-electron chi connectivity index (χ3n) is 6.11. The molecule has 182 valence electrons. The number of methoxy groups -OCH3 is 2. The van der Waals surface area contributed by atoms with Crippen molar-refractivity contribution in [3.63, 3.8) is 0 Å². The number of ether oxygens (including phenoxy) is 2. The number of nitrogens with zero attached hydrogens (tertiary/aromatic N) is 3. The van der Waals surface area contributed by atoms with Gasteiger partial charge >= 0.3 is 5.97 Å². The lowest BCUT2D eigenvalue weighted by Gasteiger charge is -2.43. The van der Waals surface area contributed by atoms with Gasteiger partial charge in [-0.25, -0.2) is 14.2 Å². The molecule has 0 saturated carbocycles. The van der Waals surface area contributed by atoms with Crippen molar-refractivity contribution < 1.29 is 28.2 Å². The first-order valence-electron chi connectivity index (χ1n) is 10.9. The summed E-state index contributed by atoms with van der Waals surface area (Å²) < 4.78 is 25.1. The van der Waals surface area contributed by atoms with Gasteiger partial charge in [-0.2, -0.15) is 0 Å². The summed E-state index contributed by atoms with van der Waals surface area (Å²) >= 11 is 0. The summed E-state index contributed by atoms with van der Waals surface area (Å²) in [4.78, 5) is 44.9. The van der Waals surface area contributed by atoms with Crippen LogP contribution in [0.2, 0.25) is 0 Å². The van der Waals surface area contributed by atoms with Gasteiger partial charge < -0.3 is 24.3 Å². The van der Waals surface area contributed by atoms with Crippen LogP contribution in [0.5, 0.6) is 5.75 Å². The van der Waals surface area contributed by atoms with Crippen molar-refractivity contribution in [3.8, 4) is 5.75 Å². The van der Waals surface area contributed by atoms with Crippen LogP contribution in [-0.4, -0.2) is 52.0 Å². The fourth-order valence-corrected chi connectivity index (χ4v) is 4.17. The Labute approximate surface area is 201 Å². The molecule has 1 N–H and O–H groups in total. The number of carbonyl (C=O) groups is 3. The van der Waals surface area contributed by atoms with Crippen LogP contribution in [0, 0.1) is 5.82 Å². The van der Waals surface area contributed by atoms with E-state index in [2.05, 4.69) is 10.3 Å². The van der Waals surface area contributed by atoms with Crippen molar-refractivity contribution >= 4 is 17.8 Å². The van der Waals surface area contributed by atoms with Crippen molar-refractivity contribution in [3.05, 3.63) is 83.2 Å². The lowest BCUT2D eigenvalue weighted by atomic mass is 9.93. The fourth-order valence-electron chi connectivity index (χ4n) is 4.17.